The van der Waals surface area contributed by atoms with Crippen molar-refractivity contribution >= 4 is 10.9 Å². The molecular formula is C12H13NO2. The van der Waals surface area contributed by atoms with Gasteiger partial charge in [0.15, 0.2) is 0 Å². The van der Waals surface area contributed by atoms with Crippen LogP contribution in [0.3, 0.4) is 0 Å². The van der Waals surface area contributed by atoms with E-state index in [0.29, 0.717) is 13.2 Å². The molecule has 2 aromatic rings. The standard InChI is InChI=1S/C12H13NO2/c14-6-12(7-15-8-12)11-5-9-3-1-2-4-10(9)13-11/h1-5,13-14H,6-8H2. The molecule has 0 aliphatic carbocycles. The van der Waals surface area contributed by atoms with Crippen molar-refractivity contribution in [1.29, 1.82) is 0 Å². The lowest BCUT2D eigenvalue weighted by Crippen LogP contribution is -2.49. The summed E-state index contributed by atoms with van der Waals surface area (Å²) < 4.78 is 5.20. The Kier molecular flexibility index (Phi) is 1.84. The fourth-order valence-corrected chi connectivity index (χ4v) is 2.04. The molecule has 1 aromatic carbocycles. The Bertz CT molecular complexity index is 447. The van der Waals surface area contributed by atoms with Crippen LogP contribution in [-0.2, 0) is 10.2 Å². The first-order chi connectivity index (χ1) is 7.34. The van der Waals surface area contributed by atoms with Crippen LogP contribution < -0.4 is 0 Å². The molecule has 15 heavy (non-hydrogen) atoms. The number of hydrogen-bond donors (Lipinski definition) is 2. The lowest BCUT2D eigenvalue weighted by Gasteiger charge is -2.39. The Hall–Kier alpha value is -1.32. The van der Waals surface area contributed by atoms with Crippen LogP contribution in [0.15, 0.2) is 30.3 Å². The molecule has 0 amide bonds. The molecule has 2 N–H and O–H groups in total. The van der Waals surface area contributed by atoms with E-state index in [4.69, 9.17) is 4.74 Å². The number of aromatic amines is 1. The first-order valence-electron chi connectivity index (χ1n) is 5.11. The summed E-state index contributed by atoms with van der Waals surface area (Å²) in [5, 5.41) is 10.6. The van der Waals surface area contributed by atoms with Crippen molar-refractivity contribution in [3.63, 3.8) is 0 Å². The summed E-state index contributed by atoms with van der Waals surface area (Å²) in [5.74, 6) is 0. The molecule has 3 rings (SSSR count). The van der Waals surface area contributed by atoms with Crippen molar-refractivity contribution in [2.75, 3.05) is 19.8 Å². The normalized spacial score (nSPS) is 19.0. The second-order valence-corrected chi connectivity index (χ2v) is 4.20. The molecule has 0 saturated carbocycles. The van der Waals surface area contributed by atoms with Gasteiger partial charge >= 0.3 is 0 Å². The minimum atomic E-state index is -0.195. The molecule has 0 atom stereocenters. The van der Waals surface area contributed by atoms with E-state index in [1.165, 1.54) is 5.39 Å². The molecule has 3 nitrogen and oxygen atoms in total. The van der Waals surface area contributed by atoms with Crippen LogP contribution in [0.2, 0.25) is 0 Å². The van der Waals surface area contributed by atoms with Gasteiger partial charge in [0.1, 0.15) is 0 Å². The van der Waals surface area contributed by atoms with E-state index >= 15 is 0 Å². The summed E-state index contributed by atoms with van der Waals surface area (Å²) in [4.78, 5) is 3.35. The van der Waals surface area contributed by atoms with E-state index in [2.05, 4.69) is 17.1 Å². The van der Waals surface area contributed by atoms with Gasteiger partial charge in [0, 0.05) is 11.2 Å². The van der Waals surface area contributed by atoms with Gasteiger partial charge in [-0.15, -0.1) is 0 Å². The smallest absolute Gasteiger partial charge is 0.0800 e. The van der Waals surface area contributed by atoms with Gasteiger partial charge in [-0.05, 0) is 17.5 Å². The third-order valence-electron chi connectivity index (χ3n) is 3.16. The number of rotatable bonds is 2. The highest BCUT2D eigenvalue weighted by Gasteiger charge is 2.41. The van der Waals surface area contributed by atoms with Crippen molar-refractivity contribution in [1.82, 2.24) is 4.98 Å². The maximum atomic E-state index is 9.42. The number of benzene rings is 1. The minimum Gasteiger partial charge on any atom is -0.395 e. The fourth-order valence-electron chi connectivity index (χ4n) is 2.04. The highest BCUT2D eigenvalue weighted by Crippen LogP contribution is 2.33. The van der Waals surface area contributed by atoms with Crippen molar-refractivity contribution in [3.05, 3.63) is 36.0 Å². The second kappa shape index (κ2) is 3.08. The number of para-hydroxylation sites is 1. The average Bonchev–Trinajstić information content (AvgIpc) is 2.60. The molecule has 0 unspecified atom stereocenters. The Morgan fingerprint density at radius 3 is 2.73 bits per heavy atom. The minimum absolute atomic E-state index is 0.139. The van der Waals surface area contributed by atoms with Crippen molar-refractivity contribution in [2.24, 2.45) is 0 Å². The van der Waals surface area contributed by atoms with Gasteiger partial charge < -0.3 is 14.8 Å². The Balaban J connectivity index is 2.11. The first-order valence-corrected chi connectivity index (χ1v) is 5.11. The van der Waals surface area contributed by atoms with Crippen LogP contribution in [-0.4, -0.2) is 29.9 Å². The zero-order chi connectivity index (χ0) is 10.3. The third-order valence-corrected chi connectivity index (χ3v) is 3.16. The summed E-state index contributed by atoms with van der Waals surface area (Å²) >= 11 is 0. The fraction of sp³-hybridized carbons (Fsp3) is 0.333. The van der Waals surface area contributed by atoms with E-state index in [9.17, 15) is 5.11 Å². The summed E-state index contributed by atoms with van der Waals surface area (Å²) in [6.45, 7) is 1.35. The molecular weight excluding hydrogens is 190 g/mol. The Labute approximate surface area is 87.7 Å². The first kappa shape index (κ1) is 8.95. The lowest BCUT2D eigenvalue weighted by atomic mass is 9.83. The van der Waals surface area contributed by atoms with Crippen molar-refractivity contribution in [3.8, 4) is 0 Å². The zero-order valence-electron chi connectivity index (χ0n) is 8.36. The largest absolute Gasteiger partial charge is 0.395 e. The topological polar surface area (TPSA) is 45.2 Å². The van der Waals surface area contributed by atoms with E-state index in [0.717, 1.165) is 11.2 Å². The summed E-state index contributed by atoms with van der Waals surface area (Å²) in [6, 6.07) is 10.2. The highest BCUT2D eigenvalue weighted by atomic mass is 16.5. The van der Waals surface area contributed by atoms with Crippen molar-refractivity contribution < 1.29 is 9.84 Å². The van der Waals surface area contributed by atoms with Gasteiger partial charge in [-0.1, -0.05) is 18.2 Å². The molecule has 2 heterocycles. The van der Waals surface area contributed by atoms with Crippen LogP contribution in [0.1, 0.15) is 5.69 Å². The van der Waals surface area contributed by atoms with Gasteiger partial charge in [-0.25, -0.2) is 0 Å². The van der Waals surface area contributed by atoms with Crippen molar-refractivity contribution in [2.45, 2.75) is 5.41 Å². The van der Waals surface area contributed by atoms with Gasteiger partial charge in [0.25, 0.3) is 0 Å². The van der Waals surface area contributed by atoms with Gasteiger partial charge in [0.05, 0.1) is 25.2 Å². The maximum Gasteiger partial charge on any atom is 0.0800 e. The maximum absolute atomic E-state index is 9.42. The number of aliphatic hydroxyl groups excluding tert-OH is 1. The average molecular weight is 203 g/mol. The summed E-state index contributed by atoms with van der Waals surface area (Å²) in [7, 11) is 0. The molecule has 0 radical (unpaired) electrons. The Morgan fingerprint density at radius 1 is 1.33 bits per heavy atom. The number of ether oxygens (including phenoxy) is 1. The molecule has 78 valence electrons. The molecule has 0 bridgehead atoms. The summed E-state index contributed by atoms with van der Waals surface area (Å²) in [5.41, 5.74) is 2.00. The second-order valence-electron chi connectivity index (χ2n) is 4.20. The van der Waals surface area contributed by atoms with Crippen LogP contribution in [0.5, 0.6) is 0 Å². The molecule has 1 fully saturated rings. The Morgan fingerprint density at radius 2 is 2.13 bits per heavy atom. The zero-order valence-corrected chi connectivity index (χ0v) is 8.36. The van der Waals surface area contributed by atoms with Crippen LogP contribution in [0, 0.1) is 0 Å². The molecule has 1 aliphatic rings. The SMILES string of the molecule is OCC1(c2cc3ccccc3[nH]2)COC1. The predicted octanol–water partition coefficient (Wildman–Crippen LogP) is 1.43. The molecule has 1 aromatic heterocycles. The number of H-pyrrole nitrogens is 1. The molecule has 1 saturated heterocycles. The molecule has 1 aliphatic heterocycles. The highest BCUT2D eigenvalue weighted by molar-refractivity contribution is 5.80. The molecule has 3 heteroatoms. The number of aromatic nitrogens is 1. The van der Waals surface area contributed by atoms with Crippen LogP contribution in [0.4, 0.5) is 0 Å². The quantitative estimate of drug-likeness (QED) is 0.775. The van der Waals surface area contributed by atoms with E-state index in [1.54, 1.807) is 0 Å². The third kappa shape index (κ3) is 1.20. The number of fused-ring (bicyclic) bond motifs is 1. The lowest BCUT2D eigenvalue weighted by molar-refractivity contribution is -0.0858. The van der Waals surface area contributed by atoms with E-state index < -0.39 is 0 Å². The summed E-state index contributed by atoms with van der Waals surface area (Å²) in [6.07, 6.45) is 0. The van der Waals surface area contributed by atoms with Gasteiger partial charge in [0.2, 0.25) is 0 Å². The monoisotopic (exact) mass is 203 g/mol. The van der Waals surface area contributed by atoms with Crippen LogP contribution in [0.25, 0.3) is 10.9 Å². The van der Waals surface area contributed by atoms with E-state index in [1.807, 2.05) is 18.2 Å². The predicted molar refractivity (Wildman–Crippen MR) is 57.9 cm³/mol. The number of hydrogen-bond acceptors (Lipinski definition) is 2. The van der Waals surface area contributed by atoms with E-state index in [-0.39, 0.29) is 12.0 Å². The van der Waals surface area contributed by atoms with Gasteiger partial charge in [-0.2, -0.15) is 0 Å². The number of nitrogens with one attached hydrogen (secondary N) is 1. The molecule has 0 spiro atoms. The number of aliphatic hydroxyl groups is 1. The van der Waals surface area contributed by atoms with Crippen LogP contribution >= 0.6 is 0 Å². The van der Waals surface area contributed by atoms with Gasteiger partial charge in [-0.3, -0.25) is 0 Å².